The Bertz CT molecular complexity index is 435. The molecule has 124 valence electrons. The fourth-order valence-electron chi connectivity index (χ4n) is 0.997. The molecule has 0 amide bonds. The molecule has 0 rings (SSSR count). The number of rotatable bonds is 1. The van der Waals surface area contributed by atoms with Crippen LogP contribution in [-0.4, -0.2) is 24.7 Å². The van der Waals surface area contributed by atoms with Crippen molar-refractivity contribution in [1.29, 1.82) is 0 Å². The molecule has 0 fully saturated rings. The maximum atomic E-state index is 12.6. The third kappa shape index (κ3) is 5.83. The van der Waals surface area contributed by atoms with Crippen molar-refractivity contribution in [2.45, 2.75) is 24.7 Å². The van der Waals surface area contributed by atoms with Gasteiger partial charge in [0, 0.05) is 6.08 Å². The second-order valence-corrected chi connectivity index (χ2v) is 3.28. The van der Waals surface area contributed by atoms with Crippen LogP contribution >= 0.6 is 0 Å². The molecule has 0 aromatic rings. The smallest absolute Gasteiger partial charge is 0.201 e. The van der Waals surface area contributed by atoms with Gasteiger partial charge < -0.3 is 0 Å². The minimum absolute atomic E-state index is 2.10. The van der Waals surface area contributed by atoms with E-state index in [0.717, 1.165) is 0 Å². The molecule has 21 heavy (non-hydrogen) atoms. The highest BCUT2D eigenvalue weighted by Gasteiger charge is 2.54. The Balaban J connectivity index is 6.60. The molecule has 0 aromatic carbocycles. The van der Waals surface area contributed by atoms with E-state index in [2.05, 4.69) is 0 Å². The summed E-state index contributed by atoms with van der Waals surface area (Å²) in [5.74, 6) is -4.33. The average molecular weight is 344 g/mol. The Hall–Kier alpha value is -1.43. The minimum atomic E-state index is -6.66. The van der Waals surface area contributed by atoms with Crippen LogP contribution in [0.2, 0.25) is 0 Å². The highest BCUT2D eigenvalue weighted by atomic mass is 19.4. The van der Waals surface area contributed by atoms with E-state index < -0.39 is 47.8 Å². The first-order valence-electron chi connectivity index (χ1n) is 4.28. The van der Waals surface area contributed by atoms with Gasteiger partial charge in [0.25, 0.3) is 0 Å². The van der Waals surface area contributed by atoms with Crippen molar-refractivity contribution in [2.24, 2.45) is 0 Å². The van der Waals surface area contributed by atoms with E-state index in [4.69, 9.17) is 0 Å². The van der Waals surface area contributed by atoms with Crippen LogP contribution in [0, 0.1) is 0 Å². The van der Waals surface area contributed by atoms with E-state index in [1.807, 2.05) is 0 Å². The lowest BCUT2D eigenvalue weighted by molar-refractivity contribution is -0.140. The lowest BCUT2D eigenvalue weighted by Gasteiger charge is -2.20. The zero-order valence-electron chi connectivity index (χ0n) is 8.99. The number of hydrogen-bond donors (Lipinski definition) is 0. The standard InChI is InChI=1S/C8HF13/c9-4(8(19,20)21)3(7(16,17)18)2(6(13,14)15)1-5(10,11)12/h1H/b2-1+,4-3+. The average Bonchev–Trinajstić information content (AvgIpc) is 2.08. The van der Waals surface area contributed by atoms with E-state index in [0.29, 0.717) is 0 Å². The van der Waals surface area contributed by atoms with Gasteiger partial charge in [-0.1, -0.05) is 0 Å². The van der Waals surface area contributed by atoms with Crippen molar-refractivity contribution in [3.05, 3.63) is 23.0 Å². The van der Waals surface area contributed by atoms with Gasteiger partial charge in [-0.25, -0.2) is 4.39 Å². The fourth-order valence-corrected chi connectivity index (χ4v) is 0.997. The summed E-state index contributed by atoms with van der Waals surface area (Å²) in [4.78, 5) is 0. The maximum absolute atomic E-state index is 12.6. The predicted octanol–water partition coefficient (Wildman–Crippen LogP) is 5.39. The van der Waals surface area contributed by atoms with E-state index in [1.165, 1.54) is 0 Å². The van der Waals surface area contributed by atoms with Crippen LogP contribution in [0.5, 0.6) is 0 Å². The number of alkyl halides is 12. The maximum Gasteiger partial charge on any atom is 0.443 e. The lowest BCUT2D eigenvalue weighted by Crippen LogP contribution is -2.29. The first-order chi connectivity index (χ1) is 8.87. The molecule has 0 heterocycles. The second-order valence-electron chi connectivity index (χ2n) is 3.28. The monoisotopic (exact) mass is 344 g/mol. The number of halogens is 13. The summed E-state index contributed by atoms with van der Waals surface area (Å²) in [5.41, 5.74) is -7.93. The molecule has 0 aromatic heterocycles. The third-order valence-corrected chi connectivity index (χ3v) is 1.63. The van der Waals surface area contributed by atoms with Crippen LogP contribution in [0.25, 0.3) is 0 Å². The van der Waals surface area contributed by atoms with Crippen LogP contribution in [0.3, 0.4) is 0 Å². The molecule has 0 N–H and O–H groups in total. The van der Waals surface area contributed by atoms with Crippen molar-refractivity contribution in [1.82, 2.24) is 0 Å². The summed E-state index contributed by atoms with van der Waals surface area (Å²) >= 11 is 0. The topological polar surface area (TPSA) is 0 Å². The summed E-state index contributed by atoms with van der Waals surface area (Å²) in [6.45, 7) is 0. The van der Waals surface area contributed by atoms with Gasteiger partial charge in [0.15, 0.2) is 0 Å². The highest BCUT2D eigenvalue weighted by Crippen LogP contribution is 2.46. The fraction of sp³-hybridized carbons (Fsp3) is 0.500. The molecule has 13 heteroatoms. The van der Waals surface area contributed by atoms with Crippen LogP contribution in [0.4, 0.5) is 57.1 Å². The van der Waals surface area contributed by atoms with E-state index in [1.54, 1.807) is 0 Å². The summed E-state index contributed by atoms with van der Waals surface area (Å²) in [5, 5.41) is 0. The molecule has 0 saturated carbocycles. The zero-order valence-corrected chi connectivity index (χ0v) is 8.99. The Kier molecular flexibility index (Phi) is 5.04. The number of allylic oxidation sites excluding steroid dienone is 4. The van der Waals surface area contributed by atoms with Crippen molar-refractivity contribution >= 4 is 0 Å². The van der Waals surface area contributed by atoms with Gasteiger partial charge in [-0.15, -0.1) is 0 Å². The third-order valence-electron chi connectivity index (χ3n) is 1.63. The molecule has 0 bridgehead atoms. The predicted molar refractivity (Wildman–Crippen MR) is 40.4 cm³/mol. The van der Waals surface area contributed by atoms with Gasteiger partial charge >= 0.3 is 24.7 Å². The molecular weight excluding hydrogens is 343 g/mol. The summed E-state index contributed by atoms with van der Waals surface area (Å²) in [6, 6.07) is 0. The van der Waals surface area contributed by atoms with Crippen LogP contribution in [0.15, 0.2) is 23.0 Å². The molecule has 0 aliphatic heterocycles. The highest BCUT2D eigenvalue weighted by molar-refractivity contribution is 5.42. The van der Waals surface area contributed by atoms with Crippen LogP contribution < -0.4 is 0 Å². The lowest BCUT2D eigenvalue weighted by atomic mass is 10.0. The molecule has 0 unspecified atom stereocenters. The summed E-state index contributed by atoms with van der Waals surface area (Å²) in [6.07, 6.45) is -27.9. The first-order valence-corrected chi connectivity index (χ1v) is 4.28. The molecule has 0 saturated heterocycles. The van der Waals surface area contributed by atoms with Crippen molar-refractivity contribution in [3.63, 3.8) is 0 Å². The number of hydrogen-bond acceptors (Lipinski definition) is 0. The first kappa shape index (κ1) is 19.6. The molecule has 0 radical (unpaired) electrons. The Morgan fingerprint density at radius 1 is 0.571 bits per heavy atom. The van der Waals surface area contributed by atoms with Crippen LogP contribution in [-0.2, 0) is 0 Å². The zero-order chi connectivity index (χ0) is 17.4. The quantitative estimate of drug-likeness (QED) is 0.442. The molecule has 0 aliphatic carbocycles. The SMILES string of the molecule is F/C(=C(\C(=C/C(F)(F)F)C(F)(F)F)C(F)(F)F)C(F)(F)F. The molecule has 0 spiro atoms. The van der Waals surface area contributed by atoms with Gasteiger partial charge in [-0.2, -0.15) is 52.7 Å². The Morgan fingerprint density at radius 3 is 1.14 bits per heavy atom. The summed E-state index contributed by atoms with van der Waals surface area (Å²) in [7, 11) is 0. The van der Waals surface area contributed by atoms with Gasteiger partial charge in [0.2, 0.25) is 5.83 Å². The van der Waals surface area contributed by atoms with Gasteiger partial charge in [-0.05, 0) is 0 Å². The van der Waals surface area contributed by atoms with Crippen LogP contribution in [0.1, 0.15) is 0 Å². The van der Waals surface area contributed by atoms with Crippen molar-refractivity contribution < 1.29 is 57.1 Å². The van der Waals surface area contributed by atoms with Crippen molar-refractivity contribution in [3.8, 4) is 0 Å². The van der Waals surface area contributed by atoms with Gasteiger partial charge in [0.1, 0.15) is 5.57 Å². The van der Waals surface area contributed by atoms with Crippen molar-refractivity contribution in [2.75, 3.05) is 0 Å². The van der Waals surface area contributed by atoms with Gasteiger partial charge in [0.05, 0.1) is 5.57 Å². The van der Waals surface area contributed by atoms with E-state index in [9.17, 15) is 57.1 Å². The Labute approximate surface area is 106 Å². The van der Waals surface area contributed by atoms with E-state index >= 15 is 0 Å². The summed E-state index contributed by atoms with van der Waals surface area (Å²) < 4.78 is 156. The van der Waals surface area contributed by atoms with E-state index in [-0.39, 0.29) is 0 Å². The minimum Gasteiger partial charge on any atom is -0.201 e. The second kappa shape index (κ2) is 5.40. The van der Waals surface area contributed by atoms with Gasteiger partial charge in [-0.3, -0.25) is 0 Å². The molecule has 0 aliphatic rings. The molecular formula is C8HF13. The largest absolute Gasteiger partial charge is 0.443 e. The normalized spacial score (nSPS) is 16.9. The Morgan fingerprint density at radius 2 is 0.952 bits per heavy atom. The molecule has 0 nitrogen and oxygen atoms in total. The molecule has 0 atom stereocenters.